The molecule has 2 fully saturated rings. The van der Waals surface area contributed by atoms with Gasteiger partial charge in [0.25, 0.3) is 0 Å². The normalized spacial score (nSPS) is 42.7. The topological polar surface area (TPSA) is 40.5 Å². The number of hydrogen-bond donors (Lipinski definition) is 2. The van der Waals surface area contributed by atoms with Gasteiger partial charge in [-0.2, -0.15) is 0 Å². The Morgan fingerprint density at radius 3 is 2.95 bits per heavy atom. The molecule has 2 nitrogen and oxygen atoms in total. The van der Waals surface area contributed by atoms with Crippen molar-refractivity contribution in [1.29, 1.82) is 0 Å². The van der Waals surface area contributed by atoms with Crippen LogP contribution in [0.1, 0.15) is 56.1 Å². The molecule has 1 aromatic carbocycles. The van der Waals surface area contributed by atoms with Gasteiger partial charge in [-0.1, -0.05) is 13.0 Å². The van der Waals surface area contributed by atoms with Crippen LogP contribution in [0.2, 0.25) is 0 Å². The van der Waals surface area contributed by atoms with Gasteiger partial charge in [0.15, 0.2) is 0 Å². The summed E-state index contributed by atoms with van der Waals surface area (Å²) in [6.07, 6.45) is 6.75. The van der Waals surface area contributed by atoms with Gasteiger partial charge in [-0.15, -0.1) is 0 Å². The number of aliphatic hydroxyl groups excluding tert-OH is 1. The Hall–Kier alpha value is -1.02. The lowest BCUT2D eigenvalue weighted by Crippen LogP contribution is -2.39. The van der Waals surface area contributed by atoms with E-state index in [2.05, 4.69) is 13.0 Å². The standard InChI is InChI=1S/C18H24O2/c1-18-7-6-15-14-5-3-12(19)8-11(14)2-4-16(15)17(18)9-13(20)10-18/h3,5,8,13,15-17,19-20H,2,4,6-7,9-10H2,1H3/t13-,15+,16-,17-,18+/m0/s1. The molecule has 108 valence electrons. The summed E-state index contributed by atoms with van der Waals surface area (Å²) in [6, 6.07) is 5.96. The van der Waals surface area contributed by atoms with Crippen molar-refractivity contribution in [1.82, 2.24) is 0 Å². The maximum Gasteiger partial charge on any atom is 0.115 e. The Morgan fingerprint density at radius 2 is 2.10 bits per heavy atom. The quantitative estimate of drug-likeness (QED) is 0.757. The molecule has 0 amide bonds. The van der Waals surface area contributed by atoms with Crippen molar-refractivity contribution >= 4 is 0 Å². The Kier molecular flexibility index (Phi) is 2.69. The van der Waals surface area contributed by atoms with Crippen LogP contribution >= 0.6 is 0 Å². The SMILES string of the molecule is C[C@]12CC[C@@H]3c4ccc(O)cc4CC[C@@H]3[C@@H]1C[C@H](O)C2. The molecule has 0 bridgehead atoms. The van der Waals surface area contributed by atoms with E-state index in [9.17, 15) is 10.2 Å². The predicted octanol–water partition coefficient (Wildman–Crippen LogP) is 3.61. The summed E-state index contributed by atoms with van der Waals surface area (Å²) in [7, 11) is 0. The summed E-state index contributed by atoms with van der Waals surface area (Å²) in [6.45, 7) is 2.40. The molecule has 4 rings (SSSR count). The molecule has 2 heteroatoms. The molecule has 0 unspecified atom stereocenters. The zero-order valence-electron chi connectivity index (χ0n) is 12.2. The van der Waals surface area contributed by atoms with Crippen molar-refractivity contribution in [3.8, 4) is 5.75 Å². The van der Waals surface area contributed by atoms with Gasteiger partial charge in [0.2, 0.25) is 0 Å². The van der Waals surface area contributed by atoms with Crippen LogP contribution in [0.25, 0.3) is 0 Å². The van der Waals surface area contributed by atoms with E-state index in [0.717, 1.165) is 25.2 Å². The van der Waals surface area contributed by atoms with Crippen molar-refractivity contribution in [2.24, 2.45) is 17.3 Å². The Bertz CT molecular complexity index is 538. The van der Waals surface area contributed by atoms with E-state index in [1.807, 2.05) is 12.1 Å². The van der Waals surface area contributed by atoms with Crippen molar-refractivity contribution < 1.29 is 10.2 Å². The third-order valence-corrected chi connectivity index (χ3v) is 6.46. The maximum atomic E-state index is 10.1. The minimum Gasteiger partial charge on any atom is -0.508 e. The van der Waals surface area contributed by atoms with Gasteiger partial charge in [-0.05, 0) is 85.0 Å². The lowest BCUT2D eigenvalue weighted by molar-refractivity contribution is 0.0596. The fraction of sp³-hybridized carbons (Fsp3) is 0.667. The van der Waals surface area contributed by atoms with Crippen LogP contribution in [0.5, 0.6) is 5.75 Å². The summed E-state index contributed by atoms with van der Waals surface area (Å²) < 4.78 is 0. The lowest BCUT2D eigenvalue weighted by Gasteiger charge is -2.49. The Balaban J connectivity index is 1.70. The van der Waals surface area contributed by atoms with Crippen LogP contribution in [-0.4, -0.2) is 16.3 Å². The minimum atomic E-state index is -0.0787. The van der Waals surface area contributed by atoms with E-state index in [1.54, 1.807) is 0 Å². The smallest absolute Gasteiger partial charge is 0.115 e. The fourth-order valence-corrected chi connectivity index (χ4v) is 5.59. The largest absolute Gasteiger partial charge is 0.508 e. The van der Waals surface area contributed by atoms with Crippen LogP contribution in [0.15, 0.2) is 18.2 Å². The highest BCUT2D eigenvalue weighted by atomic mass is 16.3. The highest BCUT2D eigenvalue weighted by Crippen LogP contribution is 2.60. The molecule has 0 aromatic heterocycles. The van der Waals surface area contributed by atoms with Gasteiger partial charge in [0.1, 0.15) is 5.75 Å². The average molecular weight is 272 g/mol. The monoisotopic (exact) mass is 272 g/mol. The van der Waals surface area contributed by atoms with Crippen molar-refractivity contribution in [2.45, 2.75) is 57.5 Å². The Morgan fingerprint density at radius 1 is 1.25 bits per heavy atom. The maximum absolute atomic E-state index is 10.1. The number of aliphatic hydroxyl groups is 1. The average Bonchev–Trinajstić information content (AvgIpc) is 2.72. The van der Waals surface area contributed by atoms with Gasteiger partial charge in [0, 0.05) is 0 Å². The molecule has 3 aliphatic carbocycles. The molecular weight excluding hydrogens is 248 g/mol. The number of aryl methyl sites for hydroxylation is 1. The van der Waals surface area contributed by atoms with E-state index in [0.29, 0.717) is 23.0 Å². The summed E-state index contributed by atoms with van der Waals surface area (Å²) in [5.74, 6) is 2.49. The van der Waals surface area contributed by atoms with Gasteiger partial charge in [0.05, 0.1) is 6.10 Å². The van der Waals surface area contributed by atoms with Gasteiger partial charge < -0.3 is 10.2 Å². The first kappa shape index (κ1) is 12.7. The fourth-order valence-electron chi connectivity index (χ4n) is 5.59. The first-order valence-corrected chi connectivity index (χ1v) is 8.07. The molecule has 0 heterocycles. The molecule has 3 aliphatic rings. The van der Waals surface area contributed by atoms with E-state index in [1.165, 1.54) is 30.4 Å². The van der Waals surface area contributed by atoms with Crippen molar-refractivity contribution in [3.63, 3.8) is 0 Å². The lowest BCUT2D eigenvalue weighted by atomic mass is 9.56. The number of rotatable bonds is 0. The van der Waals surface area contributed by atoms with Gasteiger partial charge in [-0.3, -0.25) is 0 Å². The number of benzene rings is 1. The minimum absolute atomic E-state index is 0.0787. The van der Waals surface area contributed by atoms with Crippen LogP contribution in [-0.2, 0) is 6.42 Å². The molecule has 0 aliphatic heterocycles. The van der Waals surface area contributed by atoms with Crippen LogP contribution in [0.4, 0.5) is 0 Å². The van der Waals surface area contributed by atoms with Crippen LogP contribution < -0.4 is 0 Å². The van der Waals surface area contributed by atoms with Gasteiger partial charge >= 0.3 is 0 Å². The van der Waals surface area contributed by atoms with E-state index >= 15 is 0 Å². The number of hydrogen-bond acceptors (Lipinski definition) is 2. The van der Waals surface area contributed by atoms with Crippen LogP contribution in [0, 0.1) is 17.3 Å². The zero-order valence-corrected chi connectivity index (χ0v) is 12.2. The summed E-state index contributed by atoms with van der Waals surface area (Å²) in [4.78, 5) is 0. The van der Waals surface area contributed by atoms with E-state index in [-0.39, 0.29) is 6.10 Å². The third kappa shape index (κ3) is 1.74. The molecule has 1 aromatic rings. The first-order valence-electron chi connectivity index (χ1n) is 8.07. The molecule has 0 radical (unpaired) electrons. The van der Waals surface area contributed by atoms with Gasteiger partial charge in [-0.25, -0.2) is 0 Å². The number of fused-ring (bicyclic) bond motifs is 5. The molecule has 5 atom stereocenters. The molecule has 0 spiro atoms. The second-order valence-electron chi connectivity index (χ2n) is 7.58. The highest BCUT2D eigenvalue weighted by Gasteiger charge is 2.52. The molecule has 0 saturated heterocycles. The second kappa shape index (κ2) is 4.24. The molecule has 2 N–H and O–H groups in total. The van der Waals surface area contributed by atoms with E-state index < -0.39 is 0 Å². The zero-order chi connectivity index (χ0) is 13.9. The second-order valence-corrected chi connectivity index (χ2v) is 7.58. The number of phenols is 1. The van der Waals surface area contributed by atoms with Crippen molar-refractivity contribution in [3.05, 3.63) is 29.3 Å². The first-order chi connectivity index (χ1) is 9.57. The summed E-state index contributed by atoms with van der Waals surface area (Å²) in [5.41, 5.74) is 3.20. The van der Waals surface area contributed by atoms with Crippen LogP contribution in [0.3, 0.4) is 0 Å². The molecular formula is C18H24O2. The molecule has 20 heavy (non-hydrogen) atoms. The van der Waals surface area contributed by atoms with Crippen molar-refractivity contribution in [2.75, 3.05) is 0 Å². The number of phenolic OH excluding ortho intramolecular Hbond substituents is 1. The predicted molar refractivity (Wildman–Crippen MR) is 78.7 cm³/mol. The van der Waals surface area contributed by atoms with E-state index in [4.69, 9.17) is 0 Å². The summed E-state index contributed by atoms with van der Waals surface area (Å²) >= 11 is 0. The summed E-state index contributed by atoms with van der Waals surface area (Å²) in [5, 5.41) is 19.8. The third-order valence-electron chi connectivity index (χ3n) is 6.46. The Labute approximate surface area is 120 Å². The number of aromatic hydroxyl groups is 1. The molecule has 2 saturated carbocycles. The highest BCUT2D eigenvalue weighted by molar-refractivity contribution is 5.40.